The van der Waals surface area contributed by atoms with Gasteiger partial charge in [0, 0.05) is 17.1 Å². The third-order valence-electron chi connectivity index (χ3n) is 3.05. The fourth-order valence-electron chi connectivity index (χ4n) is 2.04. The zero-order chi connectivity index (χ0) is 14.8. The SMILES string of the molecule is COc1ccc2oc(C(=O)Nc3cccc(O)c3)cc2c1. The van der Waals surface area contributed by atoms with Crippen LogP contribution in [0.5, 0.6) is 11.5 Å². The molecular formula is C16H13NO4. The molecule has 2 N–H and O–H groups in total. The Morgan fingerprint density at radius 3 is 2.81 bits per heavy atom. The molecule has 0 fully saturated rings. The molecule has 0 aliphatic rings. The summed E-state index contributed by atoms with van der Waals surface area (Å²) >= 11 is 0. The molecule has 0 bridgehead atoms. The number of benzene rings is 2. The molecule has 0 radical (unpaired) electrons. The van der Waals surface area contributed by atoms with Gasteiger partial charge in [0.15, 0.2) is 5.76 Å². The largest absolute Gasteiger partial charge is 0.508 e. The summed E-state index contributed by atoms with van der Waals surface area (Å²) in [4.78, 5) is 12.1. The second-order valence-corrected chi connectivity index (χ2v) is 4.52. The highest BCUT2D eigenvalue weighted by molar-refractivity contribution is 6.04. The van der Waals surface area contributed by atoms with Crippen molar-refractivity contribution in [3.8, 4) is 11.5 Å². The van der Waals surface area contributed by atoms with Gasteiger partial charge in [0.25, 0.3) is 5.91 Å². The van der Waals surface area contributed by atoms with Gasteiger partial charge in [0.1, 0.15) is 17.1 Å². The first-order valence-corrected chi connectivity index (χ1v) is 6.34. The van der Waals surface area contributed by atoms with E-state index in [1.165, 1.54) is 12.1 Å². The Balaban J connectivity index is 1.87. The second kappa shape index (κ2) is 5.20. The van der Waals surface area contributed by atoms with Crippen LogP contribution >= 0.6 is 0 Å². The average Bonchev–Trinajstić information content (AvgIpc) is 2.90. The second-order valence-electron chi connectivity index (χ2n) is 4.52. The van der Waals surface area contributed by atoms with Crippen LogP contribution in [0.2, 0.25) is 0 Å². The maximum absolute atomic E-state index is 12.1. The molecule has 0 atom stereocenters. The Hall–Kier alpha value is -2.95. The number of phenols is 1. The van der Waals surface area contributed by atoms with Crippen LogP contribution in [-0.4, -0.2) is 18.1 Å². The first kappa shape index (κ1) is 13.1. The smallest absolute Gasteiger partial charge is 0.291 e. The molecule has 0 spiro atoms. The van der Waals surface area contributed by atoms with Crippen LogP contribution in [0.4, 0.5) is 5.69 Å². The van der Waals surface area contributed by atoms with Crippen molar-refractivity contribution in [1.82, 2.24) is 0 Å². The highest BCUT2D eigenvalue weighted by Gasteiger charge is 2.13. The van der Waals surface area contributed by atoms with E-state index in [0.717, 1.165) is 5.39 Å². The minimum Gasteiger partial charge on any atom is -0.508 e. The Morgan fingerprint density at radius 1 is 1.19 bits per heavy atom. The molecule has 0 saturated carbocycles. The van der Waals surface area contributed by atoms with Crippen molar-refractivity contribution in [2.75, 3.05) is 12.4 Å². The molecule has 2 aromatic carbocycles. The number of methoxy groups -OCH3 is 1. The number of furan rings is 1. The molecule has 106 valence electrons. The van der Waals surface area contributed by atoms with Crippen molar-refractivity contribution in [2.45, 2.75) is 0 Å². The quantitative estimate of drug-likeness (QED) is 0.772. The van der Waals surface area contributed by atoms with Gasteiger partial charge in [-0.2, -0.15) is 0 Å². The maximum atomic E-state index is 12.1. The summed E-state index contributed by atoms with van der Waals surface area (Å²) in [5, 5.41) is 12.8. The molecular weight excluding hydrogens is 270 g/mol. The van der Waals surface area contributed by atoms with E-state index in [9.17, 15) is 9.90 Å². The lowest BCUT2D eigenvalue weighted by Crippen LogP contribution is -2.10. The van der Waals surface area contributed by atoms with E-state index in [1.807, 2.05) is 0 Å². The number of aromatic hydroxyl groups is 1. The summed E-state index contributed by atoms with van der Waals surface area (Å²) in [7, 11) is 1.58. The first-order valence-electron chi connectivity index (χ1n) is 6.34. The zero-order valence-electron chi connectivity index (χ0n) is 11.3. The number of hydrogen-bond donors (Lipinski definition) is 2. The zero-order valence-corrected chi connectivity index (χ0v) is 11.3. The summed E-state index contributed by atoms with van der Waals surface area (Å²) in [5.74, 6) is 0.600. The standard InChI is InChI=1S/C16H13NO4/c1-20-13-5-6-14-10(7-13)8-15(21-14)16(19)17-11-3-2-4-12(18)9-11/h2-9,18H,1H3,(H,17,19). The topological polar surface area (TPSA) is 71.7 Å². The van der Waals surface area contributed by atoms with Gasteiger partial charge in [0.05, 0.1) is 7.11 Å². The van der Waals surface area contributed by atoms with Gasteiger partial charge in [-0.15, -0.1) is 0 Å². The molecule has 21 heavy (non-hydrogen) atoms. The molecule has 3 rings (SSSR count). The van der Waals surface area contributed by atoms with Crippen LogP contribution in [0, 0.1) is 0 Å². The summed E-state index contributed by atoms with van der Waals surface area (Å²) in [6, 6.07) is 13.3. The van der Waals surface area contributed by atoms with E-state index in [-0.39, 0.29) is 17.4 Å². The van der Waals surface area contributed by atoms with Crippen LogP contribution in [0.3, 0.4) is 0 Å². The van der Waals surface area contributed by atoms with Gasteiger partial charge in [0.2, 0.25) is 0 Å². The van der Waals surface area contributed by atoms with Crippen molar-refractivity contribution in [3.63, 3.8) is 0 Å². The number of amides is 1. The molecule has 5 heteroatoms. The van der Waals surface area contributed by atoms with E-state index in [4.69, 9.17) is 9.15 Å². The Morgan fingerprint density at radius 2 is 2.05 bits per heavy atom. The van der Waals surface area contributed by atoms with Crippen LogP contribution in [-0.2, 0) is 0 Å². The molecule has 0 unspecified atom stereocenters. The Bertz CT molecular complexity index is 807. The summed E-state index contributed by atoms with van der Waals surface area (Å²) in [5.41, 5.74) is 1.11. The predicted molar refractivity (Wildman–Crippen MR) is 78.8 cm³/mol. The molecule has 0 saturated heterocycles. The lowest BCUT2D eigenvalue weighted by atomic mass is 10.2. The third-order valence-corrected chi connectivity index (χ3v) is 3.05. The van der Waals surface area contributed by atoms with E-state index >= 15 is 0 Å². The Labute approximate surface area is 120 Å². The van der Waals surface area contributed by atoms with Crippen LogP contribution in [0.25, 0.3) is 11.0 Å². The van der Waals surface area contributed by atoms with Crippen molar-refractivity contribution in [3.05, 3.63) is 54.3 Å². The van der Waals surface area contributed by atoms with Gasteiger partial charge in [-0.05, 0) is 36.4 Å². The molecule has 0 aliphatic heterocycles. The van der Waals surface area contributed by atoms with Crippen molar-refractivity contribution in [2.24, 2.45) is 0 Å². The highest BCUT2D eigenvalue weighted by atomic mass is 16.5. The number of ether oxygens (including phenoxy) is 1. The lowest BCUT2D eigenvalue weighted by molar-refractivity contribution is 0.0998. The molecule has 1 aromatic heterocycles. The summed E-state index contributed by atoms with van der Waals surface area (Å²) in [6.45, 7) is 0. The fraction of sp³-hybridized carbons (Fsp3) is 0.0625. The van der Waals surface area contributed by atoms with E-state index in [2.05, 4.69) is 5.32 Å². The van der Waals surface area contributed by atoms with Crippen LogP contribution < -0.4 is 10.1 Å². The third kappa shape index (κ3) is 2.67. The molecule has 5 nitrogen and oxygen atoms in total. The fourth-order valence-corrected chi connectivity index (χ4v) is 2.04. The van der Waals surface area contributed by atoms with Crippen LogP contribution in [0.15, 0.2) is 52.9 Å². The van der Waals surface area contributed by atoms with Gasteiger partial charge in [-0.1, -0.05) is 6.07 Å². The predicted octanol–water partition coefficient (Wildman–Crippen LogP) is 3.40. The minimum absolute atomic E-state index is 0.0853. The molecule has 1 heterocycles. The summed E-state index contributed by atoms with van der Waals surface area (Å²) in [6.07, 6.45) is 0. The number of phenolic OH excluding ortho intramolecular Hbond substituents is 1. The van der Waals surface area contributed by atoms with E-state index < -0.39 is 0 Å². The lowest BCUT2D eigenvalue weighted by Gasteiger charge is -2.02. The number of carbonyl (C=O) groups is 1. The van der Waals surface area contributed by atoms with Gasteiger partial charge in [-0.25, -0.2) is 0 Å². The van der Waals surface area contributed by atoms with Crippen molar-refractivity contribution in [1.29, 1.82) is 0 Å². The molecule has 0 aliphatic carbocycles. The first-order chi connectivity index (χ1) is 10.2. The maximum Gasteiger partial charge on any atom is 0.291 e. The average molecular weight is 283 g/mol. The highest BCUT2D eigenvalue weighted by Crippen LogP contribution is 2.25. The van der Waals surface area contributed by atoms with Crippen molar-refractivity contribution >= 4 is 22.6 Å². The van der Waals surface area contributed by atoms with Crippen LogP contribution in [0.1, 0.15) is 10.6 Å². The number of hydrogen-bond acceptors (Lipinski definition) is 4. The number of nitrogens with one attached hydrogen (secondary N) is 1. The van der Waals surface area contributed by atoms with Gasteiger partial charge >= 0.3 is 0 Å². The number of carbonyl (C=O) groups excluding carboxylic acids is 1. The van der Waals surface area contributed by atoms with Gasteiger partial charge in [-0.3, -0.25) is 4.79 Å². The van der Waals surface area contributed by atoms with E-state index in [0.29, 0.717) is 17.0 Å². The number of anilines is 1. The monoisotopic (exact) mass is 283 g/mol. The normalized spacial score (nSPS) is 10.5. The number of fused-ring (bicyclic) bond motifs is 1. The molecule has 3 aromatic rings. The molecule has 1 amide bonds. The number of rotatable bonds is 3. The minimum atomic E-state index is -0.379. The Kier molecular flexibility index (Phi) is 3.23. The van der Waals surface area contributed by atoms with Gasteiger partial charge < -0.3 is 19.6 Å². The summed E-state index contributed by atoms with van der Waals surface area (Å²) < 4.78 is 10.6. The van der Waals surface area contributed by atoms with Crippen molar-refractivity contribution < 1.29 is 19.1 Å². The van der Waals surface area contributed by atoms with E-state index in [1.54, 1.807) is 43.5 Å².